The van der Waals surface area contributed by atoms with Crippen molar-refractivity contribution < 1.29 is 0 Å². The first kappa shape index (κ1) is 16.6. The van der Waals surface area contributed by atoms with Crippen LogP contribution in [-0.4, -0.2) is 0 Å². The number of fused-ring (bicyclic) bond motifs is 2. The van der Waals surface area contributed by atoms with Crippen LogP contribution in [0.15, 0.2) is 97.1 Å². The average Bonchev–Trinajstić information content (AvgIpc) is 2.73. The monoisotopic (exact) mass is 362 g/mol. The number of nitrogens with two attached hydrogens (primary N) is 2. The van der Waals surface area contributed by atoms with Crippen LogP contribution in [-0.2, 0) is 11.8 Å². The Bertz CT molecular complexity index is 1060. The van der Waals surface area contributed by atoms with Gasteiger partial charge in [0.2, 0.25) is 0 Å². The summed E-state index contributed by atoms with van der Waals surface area (Å²) in [6.07, 6.45) is 0.910. The van der Waals surface area contributed by atoms with Crippen molar-refractivity contribution in [2.75, 3.05) is 11.5 Å². The molecule has 0 heterocycles. The number of rotatable bonds is 2. The van der Waals surface area contributed by atoms with Gasteiger partial charge in [0.05, 0.1) is 5.41 Å². The maximum Gasteiger partial charge on any atom is 0.0747 e. The lowest BCUT2D eigenvalue weighted by Gasteiger charge is -2.43. The molecule has 1 aliphatic carbocycles. The first-order valence-electron chi connectivity index (χ1n) is 9.59. The number of nitrogen functional groups attached to an aromatic ring is 2. The van der Waals surface area contributed by atoms with Crippen molar-refractivity contribution in [3.63, 3.8) is 0 Å². The van der Waals surface area contributed by atoms with Crippen molar-refractivity contribution >= 4 is 11.4 Å². The molecule has 0 spiro atoms. The maximum atomic E-state index is 6.60. The zero-order chi connectivity index (χ0) is 19.1. The maximum absolute atomic E-state index is 6.60. The van der Waals surface area contributed by atoms with E-state index in [9.17, 15) is 0 Å². The molecule has 0 aliphatic heterocycles. The summed E-state index contributed by atoms with van der Waals surface area (Å²) >= 11 is 0. The van der Waals surface area contributed by atoms with E-state index >= 15 is 0 Å². The van der Waals surface area contributed by atoms with Gasteiger partial charge in [0, 0.05) is 11.4 Å². The molecule has 2 heteroatoms. The molecule has 4 aromatic carbocycles. The first-order chi connectivity index (χ1) is 13.7. The molecule has 4 N–H and O–H groups in total. The van der Waals surface area contributed by atoms with Gasteiger partial charge in [-0.15, -0.1) is 0 Å². The molecule has 0 amide bonds. The molecule has 2 nitrogen and oxygen atoms in total. The Hall–Kier alpha value is -3.52. The van der Waals surface area contributed by atoms with Gasteiger partial charge in [0.15, 0.2) is 0 Å². The van der Waals surface area contributed by atoms with E-state index in [0.29, 0.717) is 0 Å². The van der Waals surface area contributed by atoms with Crippen LogP contribution in [0, 0.1) is 0 Å². The van der Waals surface area contributed by atoms with Gasteiger partial charge < -0.3 is 11.5 Å². The van der Waals surface area contributed by atoms with Crippen LogP contribution >= 0.6 is 0 Å². The van der Waals surface area contributed by atoms with Crippen LogP contribution in [0.2, 0.25) is 0 Å². The first-order valence-corrected chi connectivity index (χ1v) is 9.59. The Kier molecular flexibility index (Phi) is 3.73. The summed E-state index contributed by atoms with van der Waals surface area (Å²) in [7, 11) is 0. The molecular formula is C26H22N2. The molecule has 1 aliphatic rings. The highest BCUT2D eigenvalue weighted by Crippen LogP contribution is 2.53. The van der Waals surface area contributed by atoms with Crippen LogP contribution in [0.1, 0.15) is 33.4 Å². The lowest BCUT2D eigenvalue weighted by atomic mass is 9.59. The third-order valence-corrected chi connectivity index (χ3v) is 5.95. The number of hydrogen-bond acceptors (Lipinski definition) is 2. The van der Waals surface area contributed by atoms with E-state index in [1.807, 2.05) is 24.3 Å². The summed E-state index contributed by atoms with van der Waals surface area (Å²) in [5, 5.41) is 0. The topological polar surface area (TPSA) is 52.0 Å². The predicted molar refractivity (Wildman–Crippen MR) is 116 cm³/mol. The van der Waals surface area contributed by atoms with Crippen molar-refractivity contribution in [3.8, 4) is 0 Å². The van der Waals surface area contributed by atoms with Gasteiger partial charge >= 0.3 is 0 Å². The summed E-state index contributed by atoms with van der Waals surface area (Å²) in [5.41, 5.74) is 21.5. The van der Waals surface area contributed by atoms with E-state index in [2.05, 4.69) is 72.8 Å². The quantitative estimate of drug-likeness (QED) is 0.427. The SMILES string of the molecule is Nc1ccccc1C1(c2ccccc2N)c2ccccc2Cc2ccccc21. The van der Waals surface area contributed by atoms with Crippen molar-refractivity contribution in [1.82, 2.24) is 0 Å². The minimum Gasteiger partial charge on any atom is -0.398 e. The number of para-hydroxylation sites is 2. The summed E-state index contributed by atoms with van der Waals surface area (Å²) in [5.74, 6) is 0. The summed E-state index contributed by atoms with van der Waals surface area (Å²) in [4.78, 5) is 0. The van der Waals surface area contributed by atoms with Crippen molar-refractivity contribution in [1.29, 1.82) is 0 Å². The molecule has 0 saturated heterocycles. The normalized spacial score (nSPS) is 14.1. The molecule has 0 saturated carbocycles. The summed E-state index contributed by atoms with van der Waals surface area (Å²) in [6, 6.07) is 33.7. The Morgan fingerprint density at radius 2 is 0.821 bits per heavy atom. The van der Waals surface area contributed by atoms with Gasteiger partial charge in [0.1, 0.15) is 0 Å². The standard InChI is InChI=1S/C26H22N2/c27-24-15-7-5-13-22(24)26(23-14-6-8-16-25(23)28)20-11-3-1-9-18(20)17-19-10-2-4-12-21(19)26/h1-16H,17,27-28H2. The van der Waals surface area contributed by atoms with Crippen LogP contribution in [0.4, 0.5) is 11.4 Å². The van der Waals surface area contributed by atoms with E-state index in [0.717, 1.165) is 28.9 Å². The van der Waals surface area contributed by atoms with E-state index in [1.165, 1.54) is 22.3 Å². The van der Waals surface area contributed by atoms with E-state index in [1.54, 1.807) is 0 Å². The molecule has 0 fully saturated rings. The third-order valence-electron chi connectivity index (χ3n) is 5.95. The lowest BCUT2D eigenvalue weighted by molar-refractivity contribution is 0.708. The van der Waals surface area contributed by atoms with Crippen LogP contribution in [0.25, 0.3) is 0 Å². The van der Waals surface area contributed by atoms with E-state index in [4.69, 9.17) is 11.5 Å². The number of anilines is 2. The van der Waals surface area contributed by atoms with Crippen LogP contribution < -0.4 is 11.5 Å². The highest BCUT2D eigenvalue weighted by molar-refractivity contribution is 5.74. The highest BCUT2D eigenvalue weighted by Gasteiger charge is 2.45. The van der Waals surface area contributed by atoms with Gasteiger partial charge in [-0.25, -0.2) is 0 Å². The second-order valence-electron chi connectivity index (χ2n) is 7.42. The Morgan fingerprint density at radius 3 is 1.25 bits per heavy atom. The Morgan fingerprint density at radius 1 is 0.464 bits per heavy atom. The molecule has 0 bridgehead atoms. The van der Waals surface area contributed by atoms with E-state index in [-0.39, 0.29) is 0 Å². The van der Waals surface area contributed by atoms with Crippen LogP contribution in [0.3, 0.4) is 0 Å². The third kappa shape index (κ3) is 2.21. The molecule has 136 valence electrons. The second-order valence-corrected chi connectivity index (χ2v) is 7.42. The minimum atomic E-state index is -0.540. The summed E-state index contributed by atoms with van der Waals surface area (Å²) < 4.78 is 0. The fourth-order valence-electron chi connectivity index (χ4n) is 4.83. The number of hydrogen-bond donors (Lipinski definition) is 2. The molecule has 0 radical (unpaired) electrons. The molecule has 28 heavy (non-hydrogen) atoms. The van der Waals surface area contributed by atoms with Crippen molar-refractivity contribution in [2.24, 2.45) is 0 Å². The minimum absolute atomic E-state index is 0.540. The fourth-order valence-corrected chi connectivity index (χ4v) is 4.83. The van der Waals surface area contributed by atoms with Gasteiger partial charge in [-0.1, -0.05) is 84.9 Å². The highest BCUT2D eigenvalue weighted by atomic mass is 14.6. The van der Waals surface area contributed by atoms with Crippen molar-refractivity contribution in [3.05, 3.63) is 130 Å². The Labute approximate surface area is 165 Å². The smallest absolute Gasteiger partial charge is 0.0747 e. The molecule has 0 aromatic heterocycles. The number of benzene rings is 4. The molecule has 0 atom stereocenters. The molecule has 4 aromatic rings. The Balaban J connectivity index is 2.02. The van der Waals surface area contributed by atoms with Gasteiger partial charge in [-0.05, 0) is 51.9 Å². The second kappa shape index (κ2) is 6.28. The molecule has 5 rings (SSSR count). The average molecular weight is 362 g/mol. The van der Waals surface area contributed by atoms with Gasteiger partial charge in [-0.2, -0.15) is 0 Å². The molecular weight excluding hydrogens is 340 g/mol. The lowest BCUT2D eigenvalue weighted by Crippen LogP contribution is -2.37. The summed E-state index contributed by atoms with van der Waals surface area (Å²) in [6.45, 7) is 0. The fraction of sp³-hybridized carbons (Fsp3) is 0.0769. The van der Waals surface area contributed by atoms with Gasteiger partial charge in [-0.3, -0.25) is 0 Å². The van der Waals surface area contributed by atoms with Crippen molar-refractivity contribution in [2.45, 2.75) is 11.8 Å². The zero-order valence-electron chi connectivity index (χ0n) is 15.6. The van der Waals surface area contributed by atoms with E-state index < -0.39 is 5.41 Å². The molecule has 0 unspecified atom stereocenters. The predicted octanol–water partition coefficient (Wildman–Crippen LogP) is 5.14. The van der Waals surface area contributed by atoms with Crippen LogP contribution in [0.5, 0.6) is 0 Å². The van der Waals surface area contributed by atoms with Gasteiger partial charge in [0.25, 0.3) is 0 Å². The zero-order valence-corrected chi connectivity index (χ0v) is 15.6. The largest absolute Gasteiger partial charge is 0.398 e.